The molecule has 1 aromatic heterocycles. The van der Waals surface area contributed by atoms with Gasteiger partial charge in [0.05, 0.1) is 13.1 Å². The van der Waals surface area contributed by atoms with Gasteiger partial charge in [0.15, 0.2) is 11.8 Å². The third kappa shape index (κ3) is 7.76. The molecule has 0 saturated carbocycles. The first-order valence-electron chi connectivity index (χ1n) is 10.5. The van der Waals surface area contributed by atoms with Crippen LogP contribution in [0, 0.1) is 0 Å². The molecule has 0 spiro atoms. The van der Waals surface area contributed by atoms with Gasteiger partial charge in [0.2, 0.25) is 5.91 Å². The number of guanidine groups is 1. The van der Waals surface area contributed by atoms with Gasteiger partial charge in [-0.15, -0.1) is 24.0 Å². The van der Waals surface area contributed by atoms with Crippen molar-refractivity contribution in [1.29, 1.82) is 0 Å². The highest BCUT2D eigenvalue weighted by molar-refractivity contribution is 14.0. The van der Waals surface area contributed by atoms with E-state index in [4.69, 9.17) is 4.99 Å². The Balaban J connectivity index is 0.00000341. The van der Waals surface area contributed by atoms with E-state index in [0.717, 1.165) is 55.6 Å². The summed E-state index contributed by atoms with van der Waals surface area (Å²) in [6.45, 7) is 11.3. The number of aromatic nitrogens is 3. The summed E-state index contributed by atoms with van der Waals surface area (Å²) in [4.78, 5) is 25.5. The molecular weight excluding hydrogens is 507 g/mol. The minimum absolute atomic E-state index is 0. The fourth-order valence-corrected chi connectivity index (χ4v) is 3.44. The molecule has 0 unspecified atom stereocenters. The number of carbonyl (C=O) groups excluding carboxylic acids is 1. The molecular formula is C21H33IN8O. The van der Waals surface area contributed by atoms with E-state index >= 15 is 0 Å². The summed E-state index contributed by atoms with van der Waals surface area (Å²) in [5.74, 6) is 1.75. The highest BCUT2D eigenvalue weighted by atomic mass is 127. The second-order valence-electron chi connectivity index (χ2n) is 7.69. The molecule has 1 saturated heterocycles. The van der Waals surface area contributed by atoms with Crippen molar-refractivity contribution in [2.75, 3.05) is 39.3 Å². The van der Waals surface area contributed by atoms with E-state index in [1.54, 1.807) is 0 Å². The lowest BCUT2D eigenvalue weighted by atomic mass is 10.1. The lowest BCUT2D eigenvalue weighted by molar-refractivity contribution is -0.123. The molecule has 0 bridgehead atoms. The van der Waals surface area contributed by atoms with Crippen LogP contribution in [-0.2, 0) is 11.3 Å². The quantitative estimate of drug-likeness (QED) is 0.281. The van der Waals surface area contributed by atoms with Crippen LogP contribution in [0.1, 0.15) is 26.3 Å². The predicted octanol–water partition coefficient (Wildman–Crippen LogP) is 1.70. The highest BCUT2D eigenvalue weighted by Crippen LogP contribution is 2.16. The average molecular weight is 540 g/mol. The first-order valence-corrected chi connectivity index (χ1v) is 10.5. The zero-order valence-electron chi connectivity index (χ0n) is 18.5. The first kappa shape index (κ1) is 25.1. The average Bonchev–Trinajstić information content (AvgIpc) is 3.26. The summed E-state index contributed by atoms with van der Waals surface area (Å²) < 4.78 is 0. The Hall–Kier alpha value is -2.21. The number of nitrogens with one attached hydrogen (secondary N) is 3. The number of hydrogen-bond acceptors (Lipinski definition) is 5. The summed E-state index contributed by atoms with van der Waals surface area (Å²) in [6, 6.07) is 8.34. The second-order valence-corrected chi connectivity index (χ2v) is 7.69. The van der Waals surface area contributed by atoms with Crippen molar-refractivity contribution in [2.24, 2.45) is 4.99 Å². The Kier molecular flexibility index (Phi) is 10.2. The number of benzene rings is 1. The molecule has 0 radical (unpaired) electrons. The van der Waals surface area contributed by atoms with Crippen molar-refractivity contribution in [1.82, 2.24) is 35.6 Å². The zero-order chi connectivity index (χ0) is 21.3. The van der Waals surface area contributed by atoms with Gasteiger partial charge in [0, 0.05) is 44.3 Å². The van der Waals surface area contributed by atoms with E-state index in [0.29, 0.717) is 13.1 Å². The molecule has 10 heteroatoms. The van der Waals surface area contributed by atoms with E-state index in [-0.39, 0.29) is 35.9 Å². The third-order valence-electron chi connectivity index (χ3n) is 4.85. The number of nitrogens with zero attached hydrogens (tertiary/aromatic N) is 5. The highest BCUT2D eigenvalue weighted by Gasteiger charge is 2.21. The van der Waals surface area contributed by atoms with Crippen LogP contribution in [0.2, 0.25) is 0 Å². The van der Waals surface area contributed by atoms with Gasteiger partial charge in [-0.2, -0.15) is 5.10 Å². The number of rotatable bonds is 7. The molecule has 0 atom stereocenters. The number of amides is 1. The molecule has 1 aromatic carbocycles. The van der Waals surface area contributed by atoms with Crippen molar-refractivity contribution >= 4 is 35.8 Å². The van der Waals surface area contributed by atoms with E-state index in [9.17, 15) is 4.79 Å². The van der Waals surface area contributed by atoms with Crippen molar-refractivity contribution < 1.29 is 4.79 Å². The molecule has 2 aromatic rings. The molecule has 2 heterocycles. The van der Waals surface area contributed by atoms with Gasteiger partial charge in [0.1, 0.15) is 6.33 Å². The first-order chi connectivity index (χ1) is 14.5. The summed E-state index contributed by atoms with van der Waals surface area (Å²) >= 11 is 0. The molecule has 170 valence electrons. The normalized spacial score (nSPS) is 15.0. The van der Waals surface area contributed by atoms with Crippen LogP contribution in [0.25, 0.3) is 11.4 Å². The number of piperazine rings is 1. The van der Waals surface area contributed by atoms with Crippen LogP contribution >= 0.6 is 24.0 Å². The summed E-state index contributed by atoms with van der Waals surface area (Å²) in [5.41, 5.74) is 2.11. The Morgan fingerprint density at radius 2 is 2.03 bits per heavy atom. The predicted molar refractivity (Wildman–Crippen MR) is 133 cm³/mol. The standard InChI is InChI=1S/C21H32N8O.HI/c1-4-22-21(29-10-8-28(9-11-29)14-19(30)26-16(2)3)23-13-17-6-5-7-18(12-17)20-24-15-25-27-20;/h5-7,12,15-16H,4,8-11,13-14H2,1-3H3,(H,22,23)(H,26,30)(H,24,25,27);1H. The Morgan fingerprint density at radius 3 is 2.68 bits per heavy atom. The van der Waals surface area contributed by atoms with Gasteiger partial charge in [-0.3, -0.25) is 14.8 Å². The smallest absolute Gasteiger partial charge is 0.234 e. The van der Waals surface area contributed by atoms with Crippen LogP contribution in [0.4, 0.5) is 0 Å². The maximum Gasteiger partial charge on any atom is 0.234 e. The molecule has 9 nitrogen and oxygen atoms in total. The van der Waals surface area contributed by atoms with Gasteiger partial charge in [-0.1, -0.05) is 18.2 Å². The van der Waals surface area contributed by atoms with Gasteiger partial charge in [-0.05, 0) is 32.4 Å². The maximum atomic E-state index is 12.0. The monoisotopic (exact) mass is 540 g/mol. The molecule has 1 amide bonds. The summed E-state index contributed by atoms with van der Waals surface area (Å²) in [6.07, 6.45) is 1.51. The van der Waals surface area contributed by atoms with Crippen LogP contribution in [0.5, 0.6) is 0 Å². The van der Waals surface area contributed by atoms with Crippen molar-refractivity contribution in [2.45, 2.75) is 33.4 Å². The van der Waals surface area contributed by atoms with Gasteiger partial charge < -0.3 is 15.5 Å². The van der Waals surface area contributed by atoms with Gasteiger partial charge >= 0.3 is 0 Å². The van der Waals surface area contributed by atoms with Crippen molar-refractivity contribution in [3.63, 3.8) is 0 Å². The molecule has 1 aliphatic rings. The van der Waals surface area contributed by atoms with E-state index in [1.165, 1.54) is 6.33 Å². The number of halogens is 1. The maximum absolute atomic E-state index is 12.0. The van der Waals surface area contributed by atoms with Crippen LogP contribution < -0.4 is 10.6 Å². The Bertz CT molecular complexity index is 832. The molecule has 1 fully saturated rings. The van der Waals surface area contributed by atoms with Gasteiger partial charge in [-0.25, -0.2) is 9.98 Å². The number of aromatic amines is 1. The van der Waals surface area contributed by atoms with E-state index < -0.39 is 0 Å². The minimum atomic E-state index is 0. The molecule has 0 aliphatic carbocycles. The largest absolute Gasteiger partial charge is 0.357 e. The number of carbonyl (C=O) groups is 1. The molecule has 31 heavy (non-hydrogen) atoms. The fraction of sp³-hybridized carbons (Fsp3) is 0.524. The molecule has 3 rings (SSSR count). The number of hydrogen-bond donors (Lipinski definition) is 3. The van der Waals surface area contributed by atoms with Gasteiger partial charge in [0.25, 0.3) is 0 Å². The topological polar surface area (TPSA) is 102 Å². The van der Waals surface area contributed by atoms with Crippen LogP contribution in [0.15, 0.2) is 35.6 Å². The Labute approximate surface area is 201 Å². The lowest BCUT2D eigenvalue weighted by Gasteiger charge is -2.36. The summed E-state index contributed by atoms with van der Waals surface area (Å²) in [7, 11) is 0. The SMILES string of the molecule is CCNC(=NCc1cccc(-c2ncn[nH]2)c1)N1CCN(CC(=O)NC(C)C)CC1.I. The van der Waals surface area contributed by atoms with Crippen LogP contribution in [-0.4, -0.2) is 82.2 Å². The minimum Gasteiger partial charge on any atom is -0.357 e. The molecule has 1 aliphatic heterocycles. The van der Waals surface area contributed by atoms with Crippen molar-refractivity contribution in [3.05, 3.63) is 36.2 Å². The fourth-order valence-electron chi connectivity index (χ4n) is 3.44. The zero-order valence-corrected chi connectivity index (χ0v) is 20.8. The third-order valence-corrected chi connectivity index (χ3v) is 4.85. The van der Waals surface area contributed by atoms with Crippen LogP contribution in [0.3, 0.4) is 0 Å². The summed E-state index contributed by atoms with van der Waals surface area (Å²) in [5, 5.41) is 13.2. The van der Waals surface area contributed by atoms with E-state index in [2.05, 4.69) is 54.7 Å². The Morgan fingerprint density at radius 1 is 1.26 bits per heavy atom. The number of aliphatic imine (C=N–C) groups is 1. The number of H-pyrrole nitrogens is 1. The molecule has 3 N–H and O–H groups in total. The van der Waals surface area contributed by atoms with Crippen molar-refractivity contribution in [3.8, 4) is 11.4 Å². The second kappa shape index (κ2) is 12.6. The van der Waals surface area contributed by atoms with E-state index in [1.807, 2.05) is 26.0 Å². The lowest BCUT2D eigenvalue weighted by Crippen LogP contribution is -2.54.